The minimum Gasteiger partial charge on any atom is -0.350 e. The van der Waals surface area contributed by atoms with Gasteiger partial charge in [-0.25, -0.2) is 10.2 Å². The summed E-state index contributed by atoms with van der Waals surface area (Å²) in [5, 5.41) is 3.88. The molecule has 0 atom stereocenters. The Kier molecular flexibility index (Phi) is 3.89. The van der Waals surface area contributed by atoms with Crippen molar-refractivity contribution < 1.29 is 4.79 Å². The molecule has 0 aliphatic rings. The Morgan fingerprint density at radius 3 is 2.18 bits per heavy atom. The molecule has 0 saturated carbocycles. The van der Waals surface area contributed by atoms with Crippen molar-refractivity contribution in [2.24, 2.45) is 10.8 Å². The summed E-state index contributed by atoms with van der Waals surface area (Å²) in [5.74, 6) is 0. The molecule has 1 aromatic rings. The predicted molar refractivity (Wildman–Crippen MR) is 70.1 cm³/mol. The van der Waals surface area contributed by atoms with E-state index in [4.69, 9.17) is 5.73 Å². The van der Waals surface area contributed by atoms with E-state index in [9.17, 15) is 4.79 Å². The highest BCUT2D eigenvalue weighted by molar-refractivity contribution is 5.99. The largest absolute Gasteiger partial charge is 0.350 e. The van der Waals surface area contributed by atoms with Crippen molar-refractivity contribution in [1.82, 2.24) is 5.43 Å². The van der Waals surface area contributed by atoms with Gasteiger partial charge in [-0.15, -0.1) is 0 Å². The first-order valence-corrected chi connectivity index (χ1v) is 5.51. The number of rotatable bonds is 2. The third-order valence-corrected chi connectivity index (χ3v) is 2.50. The van der Waals surface area contributed by atoms with Gasteiger partial charge in [0.05, 0.1) is 5.71 Å². The van der Waals surface area contributed by atoms with Gasteiger partial charge in [-0.2, -0.15) is 5.10 Å². The first kappa shape index (κ1) is 13.2. The van der Waals surface area contributed by atoms with Gasteiger partial charge in [0.1, 0.15) is 0 Å². The maximum Gasteiger partial charge on any atom is 0.332 e. The van der Waals surface area contributed by atoms with Gasteiger partial charge in [-0.1, -0.05) is 45.0 Å². The minimum atomic E-state index is -0.657. The normalized spacial score (nSPS) is 12.4. The van der Waals surface area contributed by atoms with Gasteiger partial charge < -0.3 is 5.73 Å². The number of nitrogens with two attached hydrogens (primary N) is 1. The van der Waals surface area contributed by atoms with E-state index in [0.29, 0.717) is 0 Å². The van der Waals surface area contributed by atoms with Crippen LogP contribution in [0, 0.1) is 0 Å². The van der Waals surface area contributed by atoms with Crippen LogP contribution in [0.4, 0.5) is 4.79 Å². The van der Waals surface area contributed by atoms with Gasteiger partial charge >= 0.3 is 6.03 Å². The molecule has 1 rings (SSSR count). The molecular formula is C13H19N3O. The van der Waals surface area contributed by atoms with E-state index in [1.807, 2.05) is 19.1 Å². The number of carbonyl (C=O) groups excluding carboxylic acids is 1. The van der Waals surface area contributed by atoms with E-state index in [-0.39, 0.29) is 5.41 Å². The molecule has 0 heterocycles. The zero-order valence-electron chi connectivity index (χ0n) is 10.7. The molecule has 0 aliphatic heterocycles. The van der Waals surface area contributed by atoms with Crippen LogP contribution in [0.1, 0.15) is 38.8 Å². The molecule has 0 aliphatic carbocycles. The summed E-state index contributed by atoms with van der Waals surface area (Å²) in [4.78, 5) is 10.5. The molecular weight excluding hydrogens is 214 g/mol. The Morgan fingerprint density at radius 2 is 1.76 bits per heavy atom. The van der Waals surface area contributed by atoms with E-state index >= 15 is 0 Å². The number of nitrogens with one attached hydrogen (secondary N) is 1. The number of hydrogen-bond donors (Lipinski definition) is 2. The number of nitrogens with zero attached hydrogens (tertiary/aromatic N) is 1. The number of hydrogen-bond acceptors (Lipinski definition) is 2. The lowest BCUT2D eigenvalue weighted by Gasteiger charge is -2.19. The zero-order valence-corrected chi connectivity index (χ0v) is 10.7. The average Bonchev–Trinajstić information content (AvgIpc) is 2.25. The Labute approximate surface area is 102 Å². The average molecular weight is 233 g/mol. The van der Waals surface area contributed by atoms with Crippen LogP contribution in [-0.2, 0) is 5.41 Å². The van der Waals surface area contributed by atoms with Crippen molar-refractivity contribution >= 4 is 11.7 Å². The number of amides is 2. The molecule has 1 aromatic carbocycles. The van der Waals surface area contributed by atoms with Crippen molar-refractivity contribution in [1.29, 1.82) is 0 Å². The topological polar surface area (TPSA) is 67.5 Å². The SMILES string of the molecule is C/C(=N\NC(N)=O)c1ccc(C(C)(C)C)cc1. The van der Waals surface area contributed by atoms with Crippen LogP contribution in [0.15, 0.2) is 29.4 Å². The molecule has 17 heavy (non-hydrogen) atoms. The van der Waals surface area contributed by atoms with Crippen molar-refractivity contribution in [2.45, 2.75) is 33.1 Å². The fourth-order valence-electron chi connectivity index (χ4n) is 1.41. The van der Waals surface area contributed by atoms with E-state index < -0.39 is 6.03 Å². The van der Waals surface area contributed by atoms with E-state index in [1.54, 1.807) is 0 Å². The standard InChI is InChI=1S/C13H19N3O/c1-9(15-16-12(14)17)10-5-7-11(8-6-10)13(2,3)4/h5-8H,1-4H3,(H3,14,16,17)/b15-9+. The van der Waals surface area contributed by atoms with Gasteiger partial charge in [0.25, 0.3) is 0 Å². The van der Waals surface area contributed by atoms with Crippen molar-refractivity contribution in [3.05, 3.63) is 35.4 Å². The lowest BCUT2D eigenvalue weighted by atomic mass is 9.86. The van der Waals surface area contributed by atoms with Gasteiger partial charge in [0.15, 0.2) is 0 Å². The van der Waals surface area contributed by atoms with Crippen LogP contribution in [-0.4, -0.2) is 11.7 Å². The number of urea groups is 1. The zero-order chi connectivity index (χ0) is 13.1. The minimum absolute atomic E-state index is 0.134. The fourth-order valence-corrected chi connectivity index (χ4v) is 1.41. The number of benzene rings is 1. The van der Waals surface area contributed by atoms with Gasteiger partial charge in [0, 0.05) is 0 Å². The van der Waals surface area contributed by atoms with Crippen LogP contribution in [0.3, 0.4) is 0 Å². The number of carbonyl (C=O) groups is 1. The maximum atomic E-state index is 10.5. The summed E-state index contributed by atoms with van der Waals surface area (Å²) in [6, 6.07) is 7.46. The van der Waals surface area contributed by atoms with Gasteiger partial charge in [-0.05, 0) is 23.5 Å². The third kappa shape index (κ3) is 3.90. The van der Waals surface area contributed by atoms with Crippen LogP contribution >= 0.6 is 0 Å². The smallest absolute Gasteiger partial charge is 0.332 e. The highest BCUT2D eigenvalue weighted by Crippen LogP contribution is 2.22. The van der Waals surface area contributed by atoms with Crippen LogP contribution in [0.5, 0.6) is 0 Å². The monoisotopic (exact) mass is 233 g/mol. The summed E-state index contributed by atoms with van der Waals surface area (Å²) < 4.78 is 0. The van der Waals surface area contributed by atoms with Gasteiger partial charge in [0.2, 0.25) is 0 Å². The lowest BCUT2D eigenvalue weighted by molar-refractivity contribution is 0.249. The van der Waals surface area contributed by atoms with Crippen molar-refractivity contribution in [3.63, 3.8) is 0 Å². The second kappa shape index (κ2) is 4.99. The van der Waals surface area contributed by atoms with Gasteiger partial charge in [-0.3, -0.25) is 0 Å². The maximum absolute atomic E-state index is 10.5. The molecule has 2 amide bonds. The quantitative estimate of drug-likeness (QED) is 0.597. The Balaban J connectivity index is 2.88. The molecule has 4 heteroatoms. The molecule has 0 saturated heterocycles. The second-order valence-corrected chi connectivity index (χ2v) is 5.00. The van der Waals surface area contributed by atoms with E-state index in [2.05, 4.69) is 43.4 Å². The highest BCUT2D eigenvalue weighted by atomic mass is 16.2. The highest BCUT2D eigenvalue weighted by Gasteiger charge is 2.13. The molecule has 0 bridgehead atoms. The van der Waals surface area contributed by atoms with E-state index in [0.717, 1.165) is 11.3 Å². The summed E-state index contributed by atoms with van der Waals surface area (Å²) in [6.07, 6.45) is 0. The summed E-state index contributed by atoms with van der Waals surface area (Å²) in [5.41, 5.74) is 10.2. The summed E-state index contributed by atoms with van der Waals surface area (Å²) >= 11 is 0. The van der Waals surface area contributed by atoms with Crippen molar-refractivity contribution in [3.8, 4) is 0 Å². The number of hydrazone groups is 1. The number of primary amides is 1. The first-order valence-electron chi connectivity index (χ1n) is 5.51. The molecule has 0 unspecified atom stereocenters. The summed E-state index contributed by atoms with van der Waals surface area (Å²) in [6.45, 7) is 8.31. The molecule has 3 N–H and O–H groups in total. The van der Waals surface area contributed by atoms with Crippen LogP contribution < -0.4 is 11.2 Å². The van der Waals surface area contributed by atoms with Crippen LogP contribution in [0.2, 0.25) is 0 Å². The Bertz CT molecular complexity index is 427. The van der Waals surface area contributed by atoms with E-state index in [1.165, 1.54) is 5.56 Å². The second-order valence-electron chi connectivity index (χ2n) is 5.00. The molecule has 0 spiro atoms. The molecule has 4 nitrogen and oxygen atoms in total. The Morgan fingerprint density at radius 1 is 1.24 bits per heavy atom. The first-order chi connectivity index (χ1) is 7.80. The molecule has 0 fully saturated rings. The fraction of sp³-hybridized carbons (Fsp3) is 0.385. The Hall–Kier alpha value is -1.84. The van der Waals surface area contributed by atoms with Crippen molar-refractivity contribution in [2.75, 3.05) is 0 Å². The lowest BCUT2D eigenvalue weighted by Crippen LogP contribution is -2.25. The molecule has 0 radical (unpaired) electrons. The third-order valence-electron chi connectivity index (χ3n) is 2.50. The predicted octanol–water partition coefficient (Wildman–Crippen LogP) is 2.38. The molecule has 92 valence electrons. The summed E-state index contributed by atoms with van der Waals surface area (Å²) in [7, 11) is 0. The molecule has 0 aromatic heterocycles. The van der Waals surface area contributed by atoms with Crippen LogP contribution in [0.25, 0.3) is 0 Å².